The molecule has 1 aliphatic heterocycles. The number of piperazine rings is 1. The highest BCUT2D eigenvalue weighted by atomic mass is 35.5. The number of anilines is 2. The molecule has 0 bridgehead atoms. The first kappa shape index (κ1) is 20.8. The largest absolute Gasteiger partial charge is 0.416 e. The fraction of sp³-hybridized carbons (Fsp3) is 0.316. The van der Waals surface area contributed by atoms with Crippen molar-refractivity contribution in [2.24, 2.45) is 0 Å². The Kier molecular flexibility index (Phi) is 6.37. The molecule has 0 aromatic heterocycles. The number of alkyl halides is 3. The number of nitrogens with zero attached hydrogens (tertiary/aromatic N) is 2. The van der Waals surface area contributed by atoms with Crippen molar-refractivity contribution in [2.45, 2.75) is 6.18 Å². The van der Waals surface area contributed by atoms with Crippen LogP contribution in [0.4, 0.5) is 24.5 Å². The van der Waals surface area contributed by atoms with E-state index in [1.54, 1.807) is 24.3 Å². The number of benzene rings is 2. The lowest BCUT2D eigenvalue weighted by atomic mass is 10.1. The number of carbonyl (C=O) groups is 1. The van der Waals surface area contributed by atoms with Gasteiger partial charge in [0, 0.05) is 37.6 Å². The first-order chi connectivity index (χ1) is 13.2. The zero-order chi connectivity index (χ0) is 20.3. The monoisotopic (exact) mass is 431 g/mol. The van der Waals surface area contributed by atoms with Gasteiger partial charge in [-0.25, -0.2) is 0 Å². The number of amides is 1. The Morgan fingerprint density at radius 1 is 1.00 bits per heavy atom. The smallest absolute Gasteiger partial charge is 0.369 e. The Morgan fingerprint density at radius 3 is 2.36 bits per heavy atom. The minimum atomic E-state index is -4.36. The van der Waals surface area contributed by atoms with Crippen molar-refractivity contribution in [3.8, 4) is 0 Å². The second kappa shape index (κ2) is 8.59. The summed E-state index contributed by atoms with van der Waals surface area (Å²) in [5.41, 5.74) is 0.435. The van der Waals surface area contributed by atoms with Gasteiger partial charge in [-0.3, -0.25) is 9.69 Å². The highest BCUT2D eigenvalue weighted by molar-refractivity contribution is 6.42. The third-order valence-electron chi connectivity index (χ3n) is 4.48. The van der Waals surface area contributed by atoms with Crippen LogP contribution in [0.15, 0.2) is 42.5 Å². The number of hydrogen-bond acceptors (Lipinski definition) is 3. The minimum Gasteiger partial charge on any atom is -0.369 e. The summed E-state index contributed by atoms with van der Waals surface area (Å²) < 4.78 is 38.6. The first-order valence-electron chi connectivity index (χ1n) is 8.62. The number of nitrogens with one attached hydrogen (secondary N) is 1. The van der Waals surface area contributed by atoms with Crippen molar-refractivity contribution in [2.75, 3.05) is 42.9 Å². The maximum absolute atomic E-state index is 12.9. The van der Waals surface area contributed by atoms with E-state index in [-0.39, 0.29) is 12.5 Å². The van der Waals surface area contributed by atoms with Gasteiger partial charge in [-0.05, 0) is 36.4 Å². The van der Waals surface area contributed by atoms with Crippen LogP contribution in [0.2, 0.25) is 10.0 Å². The van der Waals surface area contributed by atoms with E-state index >= 15 is 0 Å². The summed E-state index contributed by atoms with van der Waals surface area (Å²) in [5.74, 6) is -0.189. The van der Waals surface area contributed by atoms with Crippen molar-refractivity contribution in [1.82, 2.24) is 4.90 Å². The van der Waals surface area contributed by atoms with Crippen LogP contribution >= 0.6 is 23.2 Å². The van der Waals surface area contributed by atoms with Crippen molar-refractivity contribution < 1.29 is 18.0 Å². The predicted octanol–water partition coefficient (Wildman–Crippen LogP) is 4.77. The quantitative estimate of drug-likeness (QED) is 0.756. The molecule has 9 heteroatoms. The molecule has 1 aliphatic rings. The van der Waals surface area contributed by atoms with E-state index in [1.165, 1.54) is 6.07 Å². The first-order valence-corrected chi connectivity index (χ1v) is 9.37. The van der Waals surface area contributed by atoms with Crippen LogP contribution in [0, 0.1) is 0 Å². The Balaban J connectivity index is 1.52. The van der Waals surface area contributed by atoms with E-state index in [4.69, 9.17) is 23.2 Å². The Morgan fingerprint density at radius 2 is 1.71 bits per heavy atom. The van der Waals surface area contributed by atoms with Gasteiger partial charge in [0.25, 0.3) is 0 Å². The molecular weight excluding hydrogens is 414 g/mol. The Bertz CT molecular complexity index is 853. The summed E-state index contributed by atoms with van der Waals surface area (Å²) in [5, 5.41) is 3.53. The van der Waals surface area contributed by atoms with Crippen LogP contribution in [0.1, 0.15) is 5.56 Å². The van der Waals surface area contributed by atoms with Crippen molar-refractivity contribution in [3.05, 3.63) is 58.1 Å². The second-order valence-electron chi connectivity index (χ2n) is 6.49. The van der Waals surface area contributed by atoms with E-state index in [0.29, 0.717) is 47.6 Å². The van der Waals surface area contributed by atoms with E-state index < -0.39 is 11.7 Å². The molecule has 28 heavy (non-hydrogen) atoms. The standard InChI is InChI=1S/C19H18Cl2F3N3O/c20-16-5-4-14(11-17(16)21)25-18(28)12-26-6-8-27(9-7-26)15-3-1-2-13(10-15)19(22,23)24/h1-5,10-11H,6-9,12H2,(H,25,28). The van der Waals surface area contributed by atoms with Crippen molar-refractivity contribution >= 4 is 40.5 Å². The summed E-state index contributed by atoms with van der Waals surface area (Å²) >= 11 is 11.8. The van der Waals surface area contributed by atoms with Gasteiger partial charge in [0.1, 0.15) is 0 Å². The average molecular weight is 432 g/mol. The topological polar surface area (TPSA) is 35.6 Å². The summed E-state index contributed by atoms with van der Waals surface area (Å²) in [4.78, 5) is 16.1. The SMILES string of the molecule is O=C(CN1CCN(c2cccc(C(F)(F)F)c2)CC1)Nc1ccc(Cl)c(Cl)c1. The molecule has 0 saturated carbocycles. The highest BCUT2D eigenvalue weighted by Gasteiger charge is 2.31. The number of rotatable bonds is 4. The molecule has 0 atom stereocenters. The minimum absolute atomic E-state index is 0.189. The van der Waals surface area contributed by atoms with Crippen LogP contribution in [-0.4, -0.2) is 43.5 Å². The van der Waals surface area contributed by atoms with Crippen LogP contribution in [0.25, 0.3) is 0 Å². The Hall–Kier alpha value is -1.96. The zero-order valence-electron chi connectivity index (χ0n) is 14.8. The molecule has 1 saturated heterocycles. The molecule has 0 unspecified atom stereocenters. The molecule has 3 rings (SSSR count). The normalized spacial score (nSPS) is 15.5. The van der Waals surface area contributed by atoms with Crippen LogP contribution < -0.4 is 10.2 Å². The molecule has 150 valence electrons. The maximum Gasteiger partial charge on any atom is 0.416 e. The van der Waals surface area contributed by atoms with Gasteiger partial charge in [0.2, 0.25) is 5.91 Å². The molecule has 1 N–H and O–H groups in total. The van der Waals surface area contributed by atoms with Gasteiger partial charge in [0.05, 0.1) is 22.2 Å². The van der Waals surface area contributed by atoms with Crippen LogP contribution in [0.5, 0.6) is 0 Å². The molecule has 2 aromatic rings. The molecule has 0 spiro atoms. The summed E-state index contributed by atoms with van der Waals surface area (Å²) in [6, 6.07) is 10.1. The van der Waals surface area contributed by atoms with Gasteiger partial charge < -0.3 is 10.2 Å². The molecule has 1 heterocycles. The molecule has 0 radical (unpaired) electrons. The van der Waals surface area contributed by atoms with Gasteiger partial charge >= 0.3 is 6.18 Å². The summed E-state index contributed by atoms with van der Waals surface area (Å²) in [6.07, 6.45) is -4.36. The fourth-order valence-electron chi connectivity index (χ4n) is 3.02. The maximum atomic E-state index is 12.9. The number of halogens is 5. The average Bonchev–Trinajstić information content (AvgIpc) is 2.65. The van der Waals surface area contributed by atoms with Gasteiger partial charge in [-0.2, -0.15) is 13.2 Å². The van der Waals surface area contributed by atoms with E-state index in [9.17, 15) is 18.0 Å². The molecule has 2 aromatic carbocycles. The summed E-state index contributed by atoms with van der Waals surface area (Å²) in [7, 11) is 0. The third-order valence-corrected chi connectivity index (χ3v) is 5.22. The highest BCUT2D eigenvalue weighted by Crippen LogP contribution is 2.32. The van der Waals surface area contributed by atoms with Gasteiger partial charge in [-0.15, -0.1) is 0 Å². The lowest BCUT2D eigenvalue weighted by Crippen LogP contribution is -2.48. The number of carbonyl (C=O) groups excluding carboxylic acids is 1. The van der Waals surface area contributed by atoms with E-state index in [0.717, 1.165) is 12.1 Å². The third kappa shape index (κ3) is 5.31. The Labute approximate surface area is 170 Å². The summed E-state index contributed by atoms with van der Waals surface area (Å²) in [6.45, 7) is 2.43. The lowest BCUT2D eigenvalue weighted by Gasteiger charge is -2.36. The number of hydrogen-bond donors (Lipinski definition) is 1. The van der Waals surface area contributed by atoms with Crippen molar-refractivity contribution in [3.63, 3.8) is 0 Å². The molecule has 1 fully saturated rings. The lowest BCUT2D eigenvalue weighted by molar-refractivity contribution is -0.137. The van der Waals surface area contributed by atoms with E-state index in [2.05, 4.69) is 5.32 Å². The second-order valence-corrected chi connectivity index (χ2v) is 7.30. The fourth-order valence-corrected chi connectivity index (χ4v) is 3.32. The van der Waals surface area contributed by atoms with E-state index in [1.807, 2.05) is 9.80 Å². The van der Waals surface area contributed by atoms with Crippen LogP contribution in [-0.2, 0) is 11.0 Å². The predicted molar refractivity (Wildman–Crippen MR) is 105 cm³/mol. The molecule has 1 amide bonds. The van der Waals surface area contributed by atoms with Crippen LogP contribution in [0.3, 0.4) is 0 Å². The zero-order valence-corrected chi connectivity index (χ0v) is 16.3. The van der Waals surface area contributed by atoms with Gasteiger partial charge in [-0.1, -0.05) is 29.3 Å². The molecule has 0 aliphatic carbocycles. The van der Waals surface area contributed by atoms with Crippen molar-refractivity contribution in [1.29, 1.82) is 0 Å². The molecule has 4 nitrogen and oxygen atoms in total. The van der Waals surface area contributed by atoms with Gasteiger partial charge in [0.15, 0.2) is 0 Å². The molecular formula is C19H18Cl2F3N3O.